The zero-order valence-corrected chi connectivity index (χ0v) is 15.8. The molecule has 0 amide bonds. The number of halogens is 3. The Bertz CT molecular complexity index is 953. The van der Waals surface area contributed by atoms with Crippen LogP contribution in [-0.4, -0.2) is 6.61 Å². The molecule has 0 fully saturated rings. The summed E-state index contributed by atoms with van der Waals surface area (Å²) in [6.45, 7) is 4.15. The normalized spacial score (nSPS) is 10.9. The van der Waals surface area contributed by atoms with Gasteiger partial charge in [-0.05, 0) is 43.2 Å². The van der Waals surface area contributed by atoms with Crippen molar-refractivity contribution in [1.82, 2.24) is 0 Å². The highest BCUT2D eigenvalue weighted by Gasteiger charge is 2.15. The molecule has 0 saturated carbocycles. The quantitative estimate of drug-likeness (QED) is 0.482. The molecule has 0 bridgehead atoms. The Morgan fingerprint density at radius 3 is 2.18 bits per heavy atom. The summed E-state index contributed by atoms with van der Waals surface area (Å²) in [6, 6.07) is 14.6. The van der Waals surface area contributed by atoms with Crippen molar-refractivity contribution in [2.75, 3.05) is 6.61 Å². The van der Waals surface area contributed by atoms with Crippen LogP contribution >= 0.6 is 0 Å². The largest absolute Gasteiger partial charge is 0.489 e. The molecule has 28 heavy (non-hydrogen) atoms. The third-order valence-corrected chi connectivity index (χ3v) is 4.39. The molecular formula is C23H21F3O2. The van der Waals surface area contributed by atoms with Crippen LogP contribution in [-0.2, 0) is 18.0 Å². The van der Waals surface area contributed by atoms with Crippen LogP contribution in [0, 0.1) is 24.4 Å². The van der Waals surface area contributed by atoms with E-state index >= 15 is 0 Å². The smallest absolute Gasteiger partial charge is 0.167 e. The summed E-state index contributed by atoms with van der Waals surface area (Å²) < 4.78 is 53.2. The Kier molecular flexibility index (Phi) is 6.37. The fourth-order valence-electron chi connectivity index (χ4n) is 2.80. The van der Waals surface area contributed by atoms with Crippen molar-refractivity contribution in [2.45, 2.75) is 27.1 Å². The Hall–Kier alpha value is -2.79. The van der Waals surface area contributed by atoms with Gasteiger partial charge >= 0.3 is 0 Å². The number of benzene rings is 3. The van der Waals surface area contributed by atoms with E-state index in [0.717, 1.165) is 5.56 Å². The molecule has 0 saturated heterocycles. The van der Waals surface area contributed by atoms with E-state index in [1.807, 2.05) is 13.0 Å². The van der Waals surface area contributed by atoms with E-state index in [2.05, 4.69) is 0 Å². The van der Waals surface area contributed by atoms with E-state index in [4.69, 9.17) is 9.47 Å². The summed E-state index contributed by atoms with van der Waals surface area (Å²) in [5, 5.41) is 0. The summed E-state index contributed by atoms with van der Waals surface area (Å²) in [5.74, 6) is -1.62. The second-order valence-corrected chi connectivity index (χ2v) is 6.45. The summed E-state index contributed by atoms with van der Waals surface area (Å²) in [6.07, 6.45) is 0. The molecule has 0 aromatic heterocycles. The molecule has 0 heterocycles. The van der Waals surface area contributed by atoms with E-state index in [9.17, 15) is 13.2 Å². The molecule has 0 radical (unpaired) electrons. The van der Waals surface area contributed by atoms with E-state index in [-0.39, 0.29) is 30.2 Å². The van der Waals surface area contributed by atoms with Gasteiger partial charge in [-0.3, -0.25) is 0 Å². The number of aryl methyl sites for hydroxylation is 1. The topological polar surface area (TPSA) is 18.5 Å². The molecule has 0 aliphatic heterocycles. The molecule has 146 valence electrons. The number of hydrogen-bond acceptors (Lipinski definition) is 2. The lowest BCUT2D eigenvalue weighted by Crippen LogP contribution is -2.00. The molecule has 2 nitrogen and oxygen atoms in total. The minimum absolute atomic E-state index is 0.0296. The van der Waals surface area contributed by atoms with E-state index < -0.39 is 11.6 Å². The van der Waals surface area contributed by atoms with E-state index in [0.29, 0.717) is 23.5 Å². The minimum Gasteiger partial charge on any atom is -0.489 e. The van der Waals surface area contributed by atoms with Gasteiger partial charge in [-0.25, -0.2) is 13.2 Å². The lowest BCUT2D eigenvalue weighted by Gasteiger charge is -2.11. The third-order valence-electron chi connectivity index (χ3n) is 4.39. The fraction of sp³-hybridized carbons (Fsp3) is 0.217. The average molecular weight is 386 g/mol. The summed E-state index contributed by atoms with van der Waals surface area (Å²) in [7, 11) is 0. The predicted molar refractivity (Wildman–Crippen MR) is 103 cm³/mol. The van der Waals surface area contributed by atoms with Crippen LogP contribution in [0.25, 0.3) is 11.1 Å². The molecule has 0 N–H and O–H groups in total. The first-order valence-corrected chi connectivity index (χ1v) is 9.02. The predicted octanol–water partition coefficient (Wildman–Crippen LogP) is 6.19. The number of rotatable bonds is 7. The van der Waals surface area contributed by atoms with Crippen LogP contribution in [0.15, 0.2) is 54.6 Å². The molecule has 3 aromatic carbocycles. The SMILES string of the molecule is CCOCc1ccc(-c2ccc(OCc3ccc(C)cc3F)cc2)c(F)c1F. The van der Waals surface area contributed by atoms with Crippen molar-refractivity contribution in [3.63, 3.8) is 0 Å². The van der Waals surface area contributed by atoms with Gasteiger partial charge in [0.25, 0.3) is 0 Å². The van der Waals surface area contributed by atoms with Gasteiger partial charge in [0.1, 0.15) is 18.2 Å². The van der Waals surface area contributed by atoms with Crippen molar-refractivity contribution < 1.29 is 22.6 Å². The number of hydrogen-bond donors (Lipinski definition) is 0. The van der Waals surface area contributed by atoms with Crippen molar-refractivity contribution in [3.8, 4) is 16.9 Å². The van der Waals surface area contributed by atoms with Crippen LogP contribution in [0.5, 0.6) is 5.75 Å². The van der Waals surface area contributed by atoms with Crippen molar-refractivity contribution >= 4 is 0 Å². The van der Waals surface area contributed by atoms with Crippen LogP contribution in [0.2, 0.25) is 0 Å². The van der Waals surface area contributed by atoms with Gasteiger partial charge < -0.3 is 9.47 Å². The molecule has 0 spiro atoms. The molecule has 0 unspecified atom stereocenters. The Balaban J connectivity index is 1.73. The standard InChI is InChI=1S/C23H21F3O2/c1-3-27-13-18-8-11-20(23(26)22(18)25)16-6-9-19(10-7-16)28-14-17-5-4-15(2)12-21(17)24/h4-12H,3,13-14H2,1-2H3. The zero-order chi connectivity index (χ0) is 20.1. The highest BCUT2D eigenvalue weighted by molar-refractivity contribution is 5.65. The summed E-state index contributed by atoms with van der Waals surface area (Å²) >= 11 is 0. The monoisotopic (exact) mass is 386 g/mol. The van der Waals surface area contributed by atoms with Crippen molar-refractivity contribution in [2.24, 2.45) is 0 Å². The van der Waals surface area contributed by atoms with E-state index in [1.165, 1.54) is 18.2 Å². The molecule has 0 atom stereocenters. The highest BCUT2D eigenvalue weighted by Crippen LogP contribution is 2.28. The fourth-order valence-corrected chi connectivity index (χ4v) is 2.80. The van der Waals surface area contributed by atoms with Crippen molar-refractivity contribution in [1.29, 1.82) is 0 Å². The van der Waals surface area contributed by atoms with Crippen LogP contribution in [0.3, 0.4) is 0 Å². The maximum absolute atomic E-state index is 14.4. The van der Waals surface area contributed by atoms with Gasteiger partial charge in [-0.15, -0.1) is 0 Å². The summed E-state index contributed by atoms with van der Waals surface area (Å²) in [4.78, 5) is 0. The Morgan fingerprint density at radius 1 is 0.786 bits per heavy atom. The Morgan fingerprint density at radius 2 is 1.50 bits per heavy atom. The van der Waals surface area contributed by atoms with Crippen molar-refractivity contribution in [3.05, 3.63) is 88.7 Å². The highest BCUT2D eigenvalue weighted by atomic mass is 19.2. The van der Waals surface area contributed by atoms with E-state index in [1.54, 1.807) is 37.3 Å². The summed E-state index contributed by atoms with van der Waals surface area (Å²) in [5.41, 5.74) is 2.16. The van der Waals surface area contributed by atoms with Gasteiger partial charge in [0.15, 0.2) is 11.6 Å². The van der Waals surface area contributed by atoms with Gasteiger partial charge in [-0.1, -0.05) is 36.4 Å². The molecular weight excluding hydrogens is 365 g/mol. The zero-order valence-electron chi connectivity index (χ0n) is 15.8. The minimum atomic E-state index is -0.910. The van der Waals surface area contributed by atoms with Gasteiger partial charge in [-0.2, -0.15) is 0 Å². The number of ether oxygens (including phenoxy) is 2. The lowest BCUT2D eigenvalue weighted by molar-refractivity contribution is 0.131. The molecule has 0 aliphatic rings. The average Bonchev–Trinajstić information content (AvgIpc) is 2.69. The second-order valence-electron chi connectivity index (χ2n) is 6.45. The maximum Gasteiger partial charge on any atom is 0.167 e. The first-order valence-electron chi connectivity index (χ1n) is 9.02. The maximum atomic E-state index is 14.4. The second kappa shape index (κ2) is 8.93. The van der Waals surface area contributed by atoms with Gasteiger partial charge in [0, 0.05) is 23.3 Å². The van der Waals surface area contributed by atoms with Crippen LogP contribution < -0.4 is 4.74 Å². The van der Waals surface area contributed by atoms with Gasteiger partial charge in [0.05, 0.1) is 6.61 Å². The molecule has 3 rings (SSSR count). The first-order chi connectivity index (χ1) is 13.5. The third kappa shape index (κ3) is 4.54. The van der Waals surface area contributed by atoms with Crippen LogP contribution in [0.4, 0.5) is 13.2 Å². The molecule has 3 aromatic rings. The Labute approximate surface area is 162 Å². The molecule has 0 aliphatic carbocycles. The van der Waals surface area contributed by atoms with Crippen LogP contribution in [0.1, 0.15) is 23.6 Å². The lowest BCUT2D eigenvalue weighted by atomic mass is 10.0. The molecule has 5 heteroatoms. The first kappa shape index (κ1) is 20.0. The van der Waals surface area contributed by atoms with Gasteiger partial charge in [0.2, 0.25) is 0 Å².